The van der Waals surface area contributed by atoms with Crippen molar-refractivity contribution in [3.63, 3.8) is 0 Å². The minimum Gasteiger partial charge on any atom is -0.496 e. The lowest BCUT2D eigenvalue weighted by atomic mass is 10.0. The van der Waals surface area contributed by atoms with Gasteiger partial charge >= 0.3 is 0 Å². The summed E-state index contributed by atoms with van der Waals surface area (Å²) in [6.07, 6.45) is 0.685. The topological polar surface area (TPSA) is 64.3 Å². The van der Waals surface area contributed by atoms with Crippen molar-refractivity contribution >= 4 is 5.91 Å². The van der Waals surface area contributed by atoms with Crippen molar-refractivity contribution in [2.45, 2.75) is 39.3 Å². The first kappa shape index (κ1) is 15.5. The Bertz CT molecular complexity index is 418. The number of carbonyl (C=O) groups excluding carboxylic acids is 1. The molecule has 3 N–H and O–H groups in total. The summed E-state index contributed by atoms with van der Waals surface area (Å²) in [7, 11) is 1.62. The van der Waals surface area contributed by atoms with Crippen molar-refractivity contribution in [3.8, 4) is 5.75 Å². The molecule has 2 atom stereocenters. The number of para-hydroxylation sites is 1. The van der Waals surface area contributed by atoms with Crippen LogP contribution in [0, 0.1) is 5.92 Å². The molecule has 0 aliphatic heterocycles. The van der Waals surface area contributed by atoms with Crippen LogP contribution in [0.15, 0.2) is 24.3 Å². The van der Waals surface area contributed by atoms with Gasteiger partial charge in [0.15, 0.2) is 0 Å². The molecule has 0 fully saturated rings. The summed E-state index contributed by atoms with van der Waals surface area (Å²) in [5.41, 5.74) is 6.83. The Labute approximate surface area is 115 Å². The van der Waals surface area contributed by atoms with Gasteiger partial charge in [-0.25, -0.2) is 0 Å². The first-order chi connectivity index (χ1) is 8.95. The first-order valence-corrected chi connectivity index (χ1v) is 6.64. The van der Waals surface area contributed by atoms with Gasteiger partial charge in [-0.2, -0.15) is 0 Å². The maximum absolute atomic E-state index is 12.0. The Morgan fingerprint density at radius 1 is 1.32 bits per heavy atom. The second-order valence-electron chi connectivity index (χ2n) is 5.21. The van der Waals surface area contributed by atoms with E-state index in [0.717, 1.165) is 11.3 Å². The quantitative estimate of drug-likeness (QED) is 0.828. The Hall–Kier alpha value is -1.55. The summed E-state index contributed by atoms with van der Waals surface area (Å²) >= 11 is 0. The van der Waals surface area contributed by atoms with Crippen LogP contribution in [0.25, 0.3) is 0 Å². The van der Waals surface area contributed by atoms with Gasteiger partial charge in [0.25, 0.3) is 0 Å². The lowest BCUT2D eigenvalue weighted by Gasteiger charge is -2.20. The van der Waals surface area contributed by atoms with E-state index in [1.165, 1.54) is 0 Å². The van der Waals surface area contributed by atoms with Crippen LogP contribution >= 0.6 is 0 Å². The monoisotopic (exact) mass is 264 g/mol. The lowest BCUT2D eigenvalue weighted by Crippen LogP contribution is -2.42. The minimum atomic E-state index is -0.461. The van der Waals surface area contributed by atoms with Gasteiger partial charge in [-0.1, -0.05) is 32.0 Å². The Balaban J connectivity index is 2.68. The van der Waals surface area contributed by atoms with Crippen LogP contribution in [0.1, 0.15) is 38.8 Å². The van der Waals surface area contributed by atoms with Gasteiger partial charge in [-0.3, -0.25) is 4.79 Å². The number of rotatable bonds is 6. The zero-order valence-electron chi connectivity index (χ0n) is 12.1. The molecule has 0 aromatic heterocycles. The fourth-order valence-corrected chi connectivity index (χ4v) is 2.04. The predicted molar refractivity (Wildman–Crippen MR) is 77.0 cm³/mol. The van der Waals surface area contributed by atoms with Gasteiger partial charge in [-0.05, 0) is 25.3 Å². The minimum absolute atomic E-state index is 0.118. The molecule has 0 aliphatic rings. The number of methoxy groups -OCH3 is 1. The van der Waals surface area contributed by atoms with E-state index in [0.29, 0.717) is 12.3 Å². The maximum Gasteiger partial charge on any atom is 0.237 e. The van der Waals surface area contributed by atoms with Crippen molar-refractivity contribution in [2.24, 2.45) is 11.7 Å². The highest BCUT2D eigenvalue weighted by Crippen LogP contribution is 2.24. The second-order valence-corrected chi connectivity index (χ2v) is 5.21. The van der Waals surface area contributed by atoms with Crippen LogP contribution in [-0.2, 0) is 4.79 Å². The number of ether oxygens (including phenoxy) is 1. The molecule has 0 heterocycles. The average molecular weight is 264 g/mol. The largest absolute Gasteiger partial charge is 0.496 e. The van der Waals surface area contributed by atoms with Gasteiger partial charge in [0.1, 0.15) is 5.75 Å². The zero-order chi connectivity index (χ0) is 14.4. The third kappa shape index (κ3) is 4.56. The smallest absolute Gasteiger partial charge is 0.237 e. The maximum atomic E-state index is 12.0. The van der Waals surface area contributed by atoms with Gasteiger partial charge in [0, 0.05) is 5.56 Å². The molecule has 0 saturated carbocycles. The van der Waals surface area contributed by atoms with Crippen LogP contribution < -0.4 is 15.8 Å². The van der Waals surface area contributed by atoms with Crippen molar-refractivity contribution < 1.29 is 9.53 Å². The molecule has 1 amide bonds. The summed E-state index contributed by atoms with van der Waals surface area (Å²) < 4.78 is 5.29. The summed E-state index contributed by atoms with van der Waals surface area (Å²) in [6.45, 7) is 6.03. The summed E-state index contributed by atoms with van der Waals surface area (Å²) in [6, 6.07) is 7.07. The molecule has 0 saturated heterocycles. The van der Waals surface area contributed by atoms with Gasteiger partial charge in [0.2, 0.25) is 5.91 Å². The van der Waals surface area contributed by atoms with E-state index < -0.39 is 6.04 Å². The van der Waals surface area contributed by atoms with E-state index in [2.05, 4.69) is 19.2 Å². The fourth-order valence-electron chi connectivity index (χ4n) is 2.04. The molecule has 1 rings (SSSR count). The molecule has 1 aromatic rings. The van der Waals surface area contributed by atoms with Crippen molar-refractivity contribution in [1.82, 2.24) is 5.32 Å². The van der Waals surface area contributed by atoms with E-state index in [1.54, 1.807) is 7.11 Å². The van der Waals surface area contributed by atoms with E-state index in [4.69, 9.17) is 10.5 Å². The van der Waals surface area contributed by atoms with E-state index >= 15 is 0 Å². The number of nitrogens with one attached hydrogen (secondary N) is 1. The highest BCUT2D eigenvalue weighted by Gasteiger charge is 2.19. The average Bonchev–Trinajstić information content (AvgIpc) is 2.37. The number of benzene rings is 1. The number of hydrogen-bond donors (Lipinski definition) is 2. The summed E-state index contributed by atoms with van der Waals surface area (Å²) in [5.74, 6) is 1.06. The molecular weight excluding hydrogens is 240 g/mol. The standard InChI is InChI=1S/C15H24N2O2/c1-10(2)9-13(16)15(18)17-11(3)12-7-5-6-8-14(12)19-4/h5-8,10-11,13H,9,16H2,1-4H3,(H,17,18)/t11-,13+/m0/s1. The highest BCUT2D eigenvalue weighted by atomic mass is 16.5. The molecule has 0 aliphatic carbocycles. The number of carbonyl (C=O) groups is 1. The molecule has 0 radical (unpaired) electrons. The molecule has 19 heavy (non-hydrogen) atoms. The van der Waals surface area contributed by atoms with Crippen LogP contribution in [0.4, 0.5) is 0 Å². The molecular formula is C15H24N2O2. The molecule has 0 bridgehead atoms. The van der Waals surface area contributed by atoms with E-state index in [9.17, 15) is 4.79 Å². The summed E-state index contributed by atoms with van der Waals surface area (Å²) in [5, 5.41) is 2.93. The third-order valence-electron chi connectivity index (χ3n) is 3.03. The number of amides is 1. The Morgan fingerprint density at radius 2 is 1.95 bits per heavy atom. The van der Waals surface area contributed by atoms with E-state index in [1.807, 2.05) is 31.2 Å². The first-order valence-electron chi connectivity index (χ1n) is 6.64. The van der Waals surface area contributed by atoms with Crippen molar-refractivity contribution in [3.05, 3.63) is 29.8 Å². The molecule has 1 aromatic carbocycles. The van der Waals surface area contributed by atoms with Gasteiger partial charge < -0.3 is 15.8 Å². The molecule has 4 heteroatoms. The predicted octanol–water partition coefficient (Wildman–Crippen LogP) is 2.25. The number of hydrogen-bond acceptors (Lipinski definition) is 3. The lowest BCUT2D eigenvalue weighted by molar-refractivity contribution is -0.123. The Morgan fingerprint density at radius 3 is 2.53 bits per heavy atom. The van der Waals surface area contributed by atoms with Crippen LogP contribution in [0.2, 0.25) is 0 Å². The zero-order valence-corrected chi connectivity index (χ0v) is 12.1. The summed E-state index contributed by atoms with van der Waals surface area (Å²) in [4.78, 5) is 12.0. The van der Waals surface area contributed by atoms with Gasteiger partial charge in [-0.15, -0.1) is 0 Å². The normalized spacial score (nSPS) is 14.0. The molecule has 0 unspecified atom stereocenters. The molecule has 4 nitrogen and oxygen atoms in total. The molecule has 0 spiro atoms. The van der Waals surface area contributed by atoms with Crippen LogP contribution in [0.5, 0.6) is 5.75 Å². The second kappa shape index (κ2) is 7.14. The Kier molecular flexibility index (Phi) is 5.83. The van der Waals surface area contributed by atoms with Crippen LogP contribution in [0.3, 0.4) is 0 Å². The third-order valence-corrected chi connectivity index (χ3v) is 3.03. The van der Waals surface area contributed by atoms with Crippen LogP contribution in [-0.4, -0.2) is 19.1 Å². The van der Waals surface area contributed by atoms with Gasteiger partial charge in [0.05, 0.1) is 19.2 Å². The van der Waals surface area contributed by atoms with Crippen molar-refractivity contribution in [2.75, 3.05) is 7.11 Å². The SMILES string of the molecule is COc1ccccc1[C@H](C)NC(=O)[C@H](N)CC(C)C. The fraction of sp³-hybridized carbons (Fsp3) is 0.533. The highest BCUT2D eigenvalue weighted by molar-refractivity contribution is 5.81. The number of nitrogens with two attached hydrogens (primary N) is 1. The van der Waals surface area contributed by atoms with Crippen molar-refractivity contribution in [1.29, 1.82) is 0 Å². The molecule has 106 valence electrons. The van der Waals surface area contributed by atoms with E-state index in [-0.39, 0.29) is 11.9 Å².